The lowest BCUT2D eigenvalue weighted by molar-refractivity contribution is -0.141. The summed E-state index contributed by atoms with van der Waals surface area (Å²) in [6, 6.07) is 12.3. The third kappa shape index (κ3) is 2.72. The van der Waals surface area contributed by atoms with Gasteiger partial charge in [0.1, 0.15) is 5.75 Å². The number of hydrogen-bond donors (Lipinski definition) is 1. The van der Waals surface area contributed by atoms with E-state index in [0.717, 1.165) is 30.8 Å². The van der Waals surface area contributed by atoms with Crippen molar-refractivity contribution in [2.24, 2.45) is 5.92 Å². The highest BCUT2D eigenvalue weighted by molar-refractivity contribution is 5.87. The Labute approximate surface area is 123 Å². The fourth-order valence-corrected chi connectivity index (χ4v) is 3.07. The number of likely N-dealkylation sites (tertiary alicyclic amines) is 1. The molecule has 1 N–H and O–H groups in total. The predicted molar refractivity (Wildman–Crippen MR) is 81.5 cm³/mol. The summed E-state index contributed by atoms with van der Waals surface area (Å²) in [7, 11) is 1.68. The molecular weight excluding hydrogens is 266 g/mol. The van der Waals surface area contributed by atoms with Gasteiger partial charge in [-0.3, -0.25) is 9.69 Å². The predicted octanol–water partition coefficient (Wildman–Crippen LogP) is 2.75. The molecule has 1 aliphatic heterocycles. The van der Waals surface area contributed by atoms with Gasteiger partial charge >= 0.3 is 5.97 Å². The Kier molecular flexibility index (Phi) is 3.80. The summed E-state index contributed by atoms with van der Waals surface area (Å²) in [5.74, 6) is -0.0687. The minimum Gasteiger partial charge on any atom is -0.496 e. The summed E-state index contributed by atoms with van der Waals surface area (Å²) in [6.45, 7) is 2.17. The van der Waals surface area contributed by atoms with Crippen LogP contribution in [0.2, 0.25) is 0 Å². The number of carbonyl (C=O) groups is 1. The van der Waals surface area contributed by atoms with Crippen LogP contribution >= 0.6 is 0 Å². The Morgan fingerprint density at radius 2 is 2.14 bits per heavy atom. The van der Waals surface area contributed by atoms with Crippen molar-refractivity contribution in [1.82, 2.24) is 4.90 Å². The molecular formula is C17H19NO3. The summed E-state index contributed by atoms with van der Waals surface area (Å²) in [4.78, 5) is 13.3. The van der Waals surface area contributed by atoms with Crippen molar-refractivity contribution >= 4 is 16.7 Å². The number of benzene rings is 2. The van der Waals surface area contributed by atoms with Gasteiger partial charge in [0.2, 0.25) is 0 Å². The van der Waals surface area contributed by atoms with E-state index < -0.39 is 5.97 Å². The topological polar surface area (TPSA) is 49.8 Å². The maximum absolute atomic E-state index is 11.1. The SMILES string of the molecule is COc1ccc2ccccc2c1CN1CCC(C(=O)O)C1. The van der Waals surface area contributed by atoms with Crippen LogP contribution in [0.25, 0.3) is 10.8 Å². The third-order valence-corrected chi connectivity index (χ3v) is 4.22. The second kappa shape index (κ2) is 5.74. The van der Waals surface area contributed by atoms with Gasteiger partial charge in [0.05, 0.1) is 13.0 Å². The highest BCUT2D eigenvalue weighted by Gasteiger charge is 2.28. The van der Waals surface area contributed by atoms with Crippen LogP contribution in [-0.2, 0) is 11.3 Å². The van der Waals surface area contributed by atoms with Gasteiger partial charge in [-0.1, -0.05) is 30.3 Å². The molecule has 1 heterocycles. The lowest BCUT2D eigenvalue weighted by Gasteiger charge is -2.19. The van der Waals surface area contributed by atoms with Crippen molar-refractivity contribution in [3.63, 3.8) is 0 Å². The van der Waals surface area contributed by atoms with E-state index in [1.54, 1.807) is 7.11 Å². The summed E-state index contributed by atoms with van der Waals surface area (Å²) in [5, 5.41) is 11.5. The maximum Gasteiger partial charge on any atom is 0.307 e. The van der Waals surface area contributed by atoms with Crippen molar-refractivity contribution in [3.05, 3.63) is 42.0 Å². The Balaban J connectivity index is 1.91. The van der Waals surface area contributed by atoms with E-state index in [1.165, 1.54) is 10.8 Å². The van der Waals surface area contributed by atoms with E-state index in [4.69, 9.17) is 9.84 Å². The zero-order chi connectivity index (χ0) is 14.8. The number of aliphatic carboxylic acids is 1. The monoisotopic (exact) mass is 285 g/mol. The number of hydrogen-bond acceptors (Lipinski definition) is 3. The number of rotatable bonds is 4. The van der Waals surface area contributed by atoms with Crippen LogP contribution in [0.4, 0.5) is 0 Å². The molecule has 3 rings (SSSR count). The van der Waals surface area contributed by atoms with Crippen LogP contribution in [0, 0.1) is 5.92 Å². The second-order valence-corrected chi connectivity index (χ2v) is 5.53. The molecule has 2 aromatic rings. The van der Waals surface area contributed by atoms with Gasteiger partial charge in [-0.05, 0) is 29.8 Å². The van der Waals surface area contributed by atoms with Gasteiger partial charge in [0, 0.05) is 18.7 Å². The molecule has 1 fully saturated rings. The highest BCUT2D eigenvalue weighted by Crippen LogP contribution is 2.30. The van der Waals surface area contributed by atoms with Crippen LogP contribution in [0.1, 0.15) is 12.0 Å². The molecule has 0 bridgehead atoms. The molecule has 21 heavy (non-hydrogen) atoms. The molecule has 4 nitrogen and oxygen atoms in total. The first-order chi connectivity index (χ1) is 10.2. The number of methoxy groups -OCH3 is 1. The molecule has 110 valence electrons. The van der Waals surface area contributed by atoms with Crippen molar-refractivity contribution in [1.29, 1.82) is 0 Å². The Morgan fingerprint density at radius 3 is 2.86 bits per heavy atom. The van der Waals surface area contributed by atoms with Gasteiger partial charge in [-0.2, -0.15) is 0 Å². The molecule has 1 aliphatic rings. The van der Waals surface area contributed by atoms with Crippen molar-refractivity contribution in [2.75, 3.05) is 20.2 Å². The molecule has 0 radical (unpaired) electrons. The van der Waals surface area contributed by atoms with E-state index >= 15 is 0 Å². The molecule has 4 heteroatoms. The average molecular weight is 285 g/mol. The number of carboxylic acid groups (broad SMARTS) is 1. The summed E-state index contributed by atoms with van der Waals surface area (Å²) >= 11 is 0. The molecule has 1 saturated heterocycles. The quantitative estimate of drug-likeness (QED) is 0.938. The lowest BCUT2D eigenvalue weighted by atomic mass is 10.0. The maximum atomic E-state index is 11.1. The van der Waals surface area contributed by atoms with Gasteiger partial charge in [-0.15, -0.1) is 0 Å². The number of ether oxygens (including phenoxy) is 1. The van der Waals surface area contributed by atoms with Crippen molar-refractivity contribution in [2.45, 2.75) is 13.0 Å². The Bertz CT molecular complexity index is 668. The first-order valence-electron chi connectivity index (χ1n) is 7.19. The standard InChI is InChI=1S/C17H19NO3/c1-21-16-7-6-12-4-2-3-5-14(12)15(16)11-18-9-8-13(10-18)17(19)20/h2-7,13H,8-11H2,1H3,(H,19,20). The summed E-state index contributed by atoms with van der Waals surface area (Å²) < 4.78 is 5.50. The van der Waals surface area contributed by atoms with E-state index in [0.29, 0.717) is 6.54 Å². The summed E-state index contributed by atoms with van der Waals surface area (Å²) in [5.41, 5.74) is 1.14. The Hall–Kier alpha value is -2.07. The van der Waals surface area contributed by atoms with E-state index in [9.17, 15) is 4.79 Å². The van der Waals surface area contributed by atoms with Crippen LogP contribution in [0.15, 0.2) is 36.4 Å². The number of fused-ring (bicyclic) bond motifs is 1. The normalized spacial score (nSPS) is 19.0. The molecule has 0 aliphatic carbocycles. The fraction of sp³-hybridized carbons (Fsp3) is 0.353. The van der Waals surface area contributed by atoms with Crippen molar-refractivity contribution < 1.29 is 14.6 Å². The lowest BCUT2D eigenvalue weighted by Crippen LogP contribution is -2.23. The highest BCUT2D eigenvalue weighted by atomic mass is 16.5. The first kappa shape index (κ1) is 13.9. The number of nitrogens with zero attached hydrogens (tertiary/aromatic N) is 1. The van der Waals surface area contributed by atoms with E-state index in [1.807, 2.05) is 18.2 Å². The molecule has 0 saturated carbocycles. The molecule has 0 aromatic heterocycles. The van der Waals surface area contributed by atoms with Gasteiger partial charge in [-0.25, -0.2) is 0 Å². The van der Waals surface area contributed by atoms with Gasteiger partial charge in [0.15, 0.2) is 0 Å². The van der Waals surface area contributed by atoms with Crippen LogP contribution in [0.5, 0.6) is 5.75 Å². The number of carboxylic acids is 1. The Morgan fingerprint density at radius 1 is 1.33 bits per heavy atom. The molecule has 0 spiro atoms. The third-order valence-electron chi connectivity index (χ3n) is 4.22. The second-order valence-electron chi connectivity index (χ2n) is 5.53. The molecule has 1 unspecified atom stereocenters. The molecule has 1 atom stereocenters. The molecule has 0 amide bonds. The van der Waals surface area contributed by atoms with Crippen LogP contribution < -0.4 is 4.74 Å². The van der Waals surface area contributed by atoms with E-state index in [-0.39, 0.29) is 5.92 Å². The minimum atomic E-state index is -0.692. The first-order valence-corrected chi connectivity index (χ1v) is 7.19. The zero-order valence-electron chi connectivity index (χ0n) is 12.1. The van der Waals surface area contributed by atoms with E-state index in [2.05, 4.69) is 23.1 Å². The van der Waals surface area contributed by atoms with Gasteiger partial charge < -0.3 is 9.84 Å². The summed E-state index contributed by atoms with van der Waals surface area (Å²) in [6.07, 6.45) is 0.725. The molecule has 2 aromatic carbocycles. The smallest absolute Gasteiger partial charge is 0.307 e. The fourth-order valence-electron chi connectivity index (χ4n) is 3.07. The van der Waals surface area contributed by atoms with Crippen LogP contribution in [0.3, 0.4) is 0 Å². The van der Waals surface area contributed by atoms with Gasteiger partial charge in [0.25, 0.3) is 0 Å². The minimum absolute atomic E-state index is 0.244. The largest absolute Gasteiger partial charge is 0.496 e. The zero-order valence-corrected chi connectivity index (χ0v) is 12.1. The average Bonchev–Trinajstić information content (AvgIpc) is 2.96. The van der Waals surface area contributed by atoms with Crippen LogP contribution in [-0.4, -0.2) is 36.2 Å². The van der Waals surface area contributed by atoms with Crippen molar-refractivity contribution in [3.8, 4) is 5.75 Å².